The summed E-state index contributed by atoms with van der Waals surface area (Å²) >= 11 is 0. The number of hydrogen-bond acceptors (Lipinski definition) is 6. The van der Waals surface area contributed by atoms with Gasteiger partial charge in [-0.25, -0.2) is 8.42 Å². The molecular weight excluding hydrogens is 394 g/mol. The van der Waals surface area contributed by atoms with E-state index in [9.17, 15) is 13.2 Å². The fraction of sp³-hybridized carbons (Fsp3) is 0.588. The lowest BCUT2D eigenvalue weighted by Crippen LogP contribution is -2.57. The number of carbonyl (C=O) groups excluding carboxylic acids is 1. The number of carbonyl (C=O) groups is 1. The maximum absolute atomic E-state index is 12.7. The van der Waals surface area contributed by atoms with E-state index in [0.717, 1.165) is 6.42 Å². The molecule has 27 heavy (non-hydrogen) atoms. The van der Waals surface area contributed by atoms with Gasteiger partial charge in [0.25, 0.3) is 0 Å². The molecule has 2 aliphatic heterocycles. The SMILES string of the molecule is CC(NS(=O)(=O)c1ccc2c(c1)OCCCO2)C(=O)N1CCNCC1C.Cl. The fourth-order valence-electron chi connectivity index (χ4n) is 3.08. The molecule has 1 aromatic rings. The lowest BCUT2D eigenvalue weighted by atomic mass is 10.2. The van der Waals surface area contributed by atoms with Crippen LogP contribution in [0, 0.1) is 0 Å². The Hall–Kier alpha value is -1.55. The number of piperazine rings is 1. The molecule has 0 radical (unpaired) electrons. The minimum atomic E-state index is -3.85. The molecule has 0 aliphatic carbocycles. The van der Waals surface area contributed by atoms with Gasteiger partial charge >= 0.3 is 0 Å². The van der Waals surface area contributed by atoms with E-state index in [4.69, 9.17) is 9.47 Å². The van der Waals surface area contributed by atoms with Crippen LogP contribution in [0.1, 0.15) is 20.3 Å². The van der Waals surface area contributed by atoms with E-state index in [2.05, 4.69) is 10.0 Å². The van der Waals surface area contributed by atoms with Crippen molar-refractivity contribution in [1.82, 2.24) is 14.9 Å². The topological polar surface area (TPSA) is 97.0 Å². The highest BCUT2D eigenvalue weighted by Crippen LogP contribution is 2.31. The normalized spacial score (nSPS) is 21.0. The lowest BCUT2D eigenvalue weighted by Gasteiger charge is -2.35. The van der Waals surface area contributed by atoms with Gasteiger partial charge in [-0.3, -0.25) is 4.79 Å². The first kappa shape index (κ1) is 21.7. The molecule has 2 aliphatic rings. The standard InChI is InChI=1S/C17H25N3O5S.ClH/c1-12-11-18-6-7-20(12)17(21)13(2)19-26(22,23)14-4-5-15-16(10-14)25-9-3-8-24-15;/h4-5,10,12-13,18-19H,3,6-9,11H2,1-2H3;1H. The van der Waals surface area contributed by atoms with Crippen molar-refractivity contribution in [1.29, 1.82) is 0 Å². The van der Waals surface area contributed by atoms with E-state index in [-0.39, 0.29) is 29.3 Å². The highest BCUT2D eigenvalue weighted by molar-refractivity contribution is 7.89. The van der Waals surface area contributed by atoms with Gasteiger partial charge in [-0.05, 0) is 26.0 Å². The number of rotatable bonds is 4. The number of sulfonamides is 1. The zero-order chi connectivity index (χ0) is 18.7. The molecule has 0 spiro atoms. The molecule has 2 unspecified atom stereocenters. The number of nitrogens with one attached hydrogen (secondary N) is 2. The third-order valence-corrected chi connectivity index (χ3v) is 6.05. The summed E-state index contributed by atoms with van der Waals surface area (Å²) in [6.45, 7) is 6.49. The zero-order valence-corrected chi connectivity index (χ0v) is 17.1. The van der Waals surface area contributed by atoms with Gasteiger partial charge in [-0.2, -0.15) is 4.72 Å². The van der Waals surface area contributed by atoms with Gasteiger partial charge in [0.2, 0.25) is 15.9 Å². The molecule has 8 nitrogen and oxygen atoms in total. The molecule has 0 bridgehead atoms. The highest BCUT2D eigenvalue weighted by atomic mass is 35.5. The molecule has 1 amide bonds. The van der Waals surface area contributed by atoms with Crippen LogP contribution in [0.25, 0.3) is 0 Å². The molecular formula is C17H26ClN3O5S. The summed E-state index contributed by atoms with van der Waals surface area (Å²) in [4.78, 5) is 14.4. The Morgan fingerprint density at radius 3 is 2.70 bits per heavy atom. The van der Waals surface area contributed by atoms with Gasteiger partial charge in [0.1, 0.15) is 0 Å². The van der Waals surface area contributed by atoms with Crippen molar-refractivity contribution in [3.63, 3.8) is 0 Å². The molecule has 3 rings (SSSR count). The van der Waals surface area contributed by atoms with Crippen molar-refractivity contribution < 1.29 is 22.7 Å². The largest absolute Gasteiger partial charge is 0.490 e. The Morgan fingerprint density at radius 2 is 2.00 bits per heavy atom. The first-order chi connectivity index (χ1) is 12.4. The first-order valence-electron chi connectivity index (χ1n) is 8.81. The van der Waals surface area contributed by atoms with Crippen LogP contribution >= 0.6 is 12.4 Å². The van der Waals surface area contributed by atoms with Gasteiger partial charge in [0, 0.05) is 38.2 Å². The van der Waals surface area contributed by atoms with Crippen LogP contribution in [0.2, 0.25) is 0 Å². The minimum absolute atomic E-state index is 0. The molecule has 152 valence electrons. The summed E-state index contributed by atoms with van der Waals surface area (Å²) in [5.41, 5.74) is 0. The summed E-state index contributed by atoms with van der Waals surface area (Å²) in [7, 11) is -3.85. The van der Waals surface area contributed by atoms with Crippen LogP contribution in [0.4, 0.5) is 0 Å². The van der Waals surface area contributed by atoms with Crippen molar-refractivity contribution in [3.8, 4) is 11.5 Å². The summed E-state index contributed by atoms with van der Waals surface area (Å²) in [5.74, 6) is 0.706. The van der Waals surface area contributed by atoms with Crippen LogP contribution in [-0.4, -0.2) is 64.2 Å². The van der Waals surface area contributed by atoms with Crippen LogP contribution in [0.5, 0.6) is 11.5 Å². The van der Waals surface area contributed by atoms with Gasteiger partial charge in [-0.15, -0.1) is 12.4 Å². The molecule has 0 saturated carbocycles. The van der Waals surface area contributed by atoms with Crippen LogP contribution < -0.4 is 19.5 Å². The van der Waals surface area contributed by atoms with E-state index in [1.54, 1.807) is 17.9 Å². The average molecular weight is 420 g/mol. The molecule has 1 saturated heterocycles. The number of ether oxygens (including phenoxy) is 2. The van der Waals surface area contributed by atoms with Gasteiger partial charge in [0.05, 0.1) is 24.2 Å². The Balaban J connectivity index is 0.00000261. The lowest BCUT2D eigenvalue weighted by molar-refractivity contribution is -0.135. The van der Waals surface area contributed by atoms with Crippen molar-refractivity contribution in [2.45, 2.75) is 37.2 Å². The second kappa shape index (κ2) is 9.09. The summed E-state index contributed by atoms with van der Waals surface area (Å²) in [6.07, 6.45) is 0.740. The third-order valence-electron chi connectivity index (χ3n) is 4.52. The Labute approximate surface area is 166 Å². The van der Waals surface area contributed by atoms with E-state index in [1.807, 2.05) is 6.92 Å². The van der Waals surface area contributed by atoms with Crippen molar-refractivity contribution in [3.05, 3.63) is 18.2 Å². The Kier molecular flexibility index (Phi) is 7.32. The number of hydrogen-bond donors (Lipinski definition) is 2. The smallest absolute Gasteiger partial charge is 0.241 e. The molecule has 0 aromatic heterocycles. The summed E-state index contributed by atoms with van der Waals surface area (Å²) in [5, 5.41) is 3.21. The van der Waals surface area contributed by atoms with Crippen LogP contribution in [0.15, 0.2) is 23.1 Å². The minimum Gasteiger partial charge on any atom is -0.490 e. The molecule has 1 aromatic carbocycles. The second-order valence-corrected chi connectivity index (χ2v) is 8.30. The predicted molar refractivity (Wildman–Crippen MR) is 103 cm³/mol. The van der Waals surface area contributed by atoms with E-state index < -0.39 is 16.1 Å². The first-order valence-corrected chi connectivity index (χ1v) is 10.3. The van der Waals surface area contributed by atoms with Crippen molar-refractivity contribution in [2.75, 3.05) is 32.8 Å². The average Bonchev–Trinajstić information content (AvgIpc) is 2.86. The maximum Gasteiger partial charge on any atom is 0.241 e. The van der Waals surface area contributed by atoms with Gasteiger partial charge < -0.3 is 19.7 Å². The predicted octanol–water partition coefficient (Wildman–Crippen LogP) is 0.757. The van der Waals surface area contributed by atoms with E-state index in [0.29, 0.717) is 44.3 Å². The Morgan fingerprint density at radius 1 is 1.30 bits per heavy atom. The van der Waals surface area contributed by atoms with Gasteiger partial charge in [-0.1, -0.05) is 0 Å². The third kappa shape index (κ3) is 5.04. The van der Waals surface area contributed by atoms with Crippen molar-refractivity contribution >= 4 is 28.3 Å². The van der Waals surface area contributed by atoms with Gasteiger partial charge in [0.15, 0.2) is 11.5 Å². The number of benzene rings is 1. The number of fused-ring (bicyclic) bond motifs is 1. The number of halogens is 1. The zero-order valence-electron chi connectivity index (χ0n) is 15.4. The molecule has 2 heterocycles. The monoisotopic (exact) mass is 419 g/mol. The number of nitrogens with zero attached hydrogens (tertiary/aromatic N) is 1. The van der Waals surface area contributed by atoms with E-state index in [1.165, 1.54) is 12.1 Å². The molecule has 10 heteroatoms. The van der Waals surface area contributed by atoms with Crippen LogP contribution in [0.3, 0.4) is 0 Å². The van der Waals surface area contributed by atoms with Crippen LogP contribution in [-0.2, 0) is 14.8 Å². The summed E-state index contributed by atoms with van der Waals surface area (Å²) < 4.78 is 38.9. The molecule has 1 fully saturated rings. The quantitative estimate of drug-likeness (QED) is 0.747. The molecule has 2 atom stereocenters. The van der Waals surface area contributed by atoms with Crippen molar-refractivity contribution in [2.24, 2.45) is 0 Å². The summed E-state index contributed by atoms with van der Waals surface area (Å²) in [6, 6.07) is 3.66. The number of amides is 1. The molecule has 2 N–H and O–H groups in total. The maximum atomic E-state index is 12.7. The Bertz CT molecular complexity index is 774. The fourth-order valence-corrected chi connectivity index (χ4v) is 4.29. The highest BCUT2D eigenvalue weighted by Gasteiger charge is 2.30. The van der Waals surface area contributed by atoms with E-state index >= 15 is 0 Å². The second-order valence-electron chi connectivity index (χ2n) is 6.59.